The average molecular weight is 325 g/mol. The van der Waals surface area contributed by atoms with E-state index in [4.69, 9.17) is 16.3 Å². The van der Waals surface area contributed by atoms with Crippen molar-refractivity contribution in [3.8, 4) is 0 Å². The Bertz CT molecular complexity index is 584. The number of aromatic nitrogens is 1. The van der Waals surface area contributed by atoms with Gasteiger partial charge in [0.25, 0.3) is 0 Å². The molecule has 0 saturated carbocycles. The molecular formula is C16H21ClN2O3. The van der Waals surface area contributed by atoms with Crippen LogP contribution in [0.3, 0.4) is 0 Å². The van der Waals surface area contributed by atoms with Crippen molar-refractivity contribution in [3.63, 3.8) is 0 Å². The fraction of sp³-hybridized carbons (Fsp3) is 0.625. The van der Waals surface area contributed by atoms with E-state index in [1.807, 2.05) is 20.8 Å². The van der Waals surface area contributed by atoms with E-state index in [1.165, 1.54) is 0 Å². The molecule has 1 aromatic heterocycles. The number of rotatable bonds is 1. The summed E-state index contributed by atoms with van der Waals surface area (Å²) < 4.78 is 5.49. The summed E-state index contributed by atoms with van der Waals surface area (Å²) in [6.45, 7) is 5.54. The van der Waals surface area contributed by atoms with Gasteiger partial charge in [0, 0.05) is 24.2 Å². The number of ether oxygens (including phenoxy) is 1. The van der Waals surface area contributed by atoms with Gasteiger partial charge in [-0.2, -0.15) is 0 Å². The van der Waals surface area contributed by atoms with Crippen molar-refractivity contribution < 1.29 is 14.6 Å². The number of halogens is 1. The van der Waals surface area contributed by atoms with Crippen LogP contribution in [-0.4, -0.2) is 38.8 Å². The van der Waals surface area contributed by atoms with Crippen molar-refractivity contribution in [1.29, 1.82) is 0 Å². The van der Waals surface area contributed by atoms with E-state index in [2.05, 4.69) is 4.98 Å². The maximum absolute atomic E-state index is 12.5. The Balaban J connectivity index is 1.86. The smallest absolute Gasteiger partial charge is 0.410 e. The lowest BCUT2D eigenvalue weighted by atomic mass is 9.80. The first-order valence-electron chi connectivity index (χ1n) is 7.56. The molecule has 2 bridgehead atoms. The first-order valence-corrected chi connectivity index (χ1v) is 7.94. The van der Waals surface area contributed by atoms with E-state index in [9.17, 15) is 9.90 Å². The zero-order chi connectivity index (χ0) is 16.1. The van der Waals surface area contributed by atoms with Gasteiger partial charge >= 0.3 is 6.09 Å². The van der Waals surface area contributed by atoms with Crippen LogP contribution in [-0.2, 0) is 10.3 Å². The summed E-state index contributed by atoms with van der Waals surface area (Å²) in [5.41, 5.74) is -0.908. The number of pyridine rings is 1. The predicted octanol–water partition coefficient (Wildman–Crippen LogP) is 3.09. The highest BCUT2D eigenvalue weighted by atomic mass is 35.5. The lowest BCUT2D eigenvalue weighted by Gasteiger charge is -2.33. The zero-order valence-corrected chi connectivity index (χ0v) is 13.8. The molecule has 5 nitrogen and oxygen atoms in total. The molecule has 120 valence electrons. The molecule has 3 atom stereocenters. The zero-order valence-electron chi connectivity index (χ0n) is 13.0. The molecule has 2 aliphatic heterocycles. The maximum atomic E-state index is 12.5. The molecule has 0 aromatic carbocycles. The molecule has 2 saturated heterocycles. The highest BCUT2D eigenvalue weighted by Crippen LogP contribution is 2.50. The number of nitrogens with zero attached hydrogens (tertiary/aromatic N) is 2. The Hall–Kier alpha value is -1.33. The van der Waals surface area contributed by atoms with Gasteiger partial charge in [0.15, 0.2) is 0 Å². The van der Waals surface area contributed by atoms with Gasteiger partial charge in [-0.25, -0.2) is 9.78 Å². The van der Waals surface area contributed by atoms with Gasteiger partial charge in [-0.15, -0.1) is 0 Å². The van der Waals surface area contributed by atoms with Crippen molar-refractivity contribution in [2.24, 2.45) is 0 Å². The quantitative estimate of drug-likeness (QED) is 0.806. The lowest BCUT2D eigenvalue weighted by molar-refractivity contribution is -0.0157. The van der Waals surface area contributed by atoms with Crippen molar-refractivity contribution in [2.75, 3.05) is 0 Å². The second-order valence-corrected chi connectivity index (χ2v) is 7.52. The van der Waals surface area contributed by atoms with E-state index < -0.39 is 11.2 Å². The second-order valence-electron chi connectivity index (χ2n) is 7.13. The van der Waals surface area contributed by atoms with E-state index in [1.54, 1.807) is 23.2 Å². The Morgan fingerprint density at radius 3 is 2.77 bits per heavy atom. The summed E-state index contributed by atoms with van der Waals surface area (Å²) in [6.07, 6.45) is 3.42. The van der Waals surface area contributed by atoms with Crippen molar-refractivity contribution >= 4 is 17.7 Å². The maximum Gasteiger partial charge on any atom is 0.410 e. The molecule has 1 amide bonds. The molecule has 1 N–H and O–H groups in total. The van der Waals surface area contributed by atoms with Gasteiger partial charge in [0.2, 0.25) is 0 Å². The molecule has 0 aliphatic carbocycles. The SMILES string of the molecule is CC(C)(C)OC(=O)N1C2CCC1[C@@](O)(c1ccc(Cl)nc1)C2. The summed E-state index contributed by atoms with van der Waals surface area (Å²) in [7, 11) is 0. The summed E-state index contributed by atoms with van der Waals surface area (Å²) in [4.78, 5) is 18.2. The molecule has 2 unspecified atom stereocenters. The minimum Gasteiger partial charge on any atom is -0.444 e. The third kappa shape index (κ3) is 2.57. The summed E-state index contributed by atoms with van der Waals surface area (Å²) in [5, 5.41) is 11.5. The molecular weight excluding hydrogens is 304 g/mol. The Labute approximate surface area is 135 Å². The Kier molecular flexibility index (Phi) is 3.61. The largest absolute Gasteiger partial charge is 0.444 e. The first kappa shape index (κ1) is 15.6. The fourth-order valence-electron chi connectivity index (χ4n) is 3.58. The molecule has 0 radical (unpaired) electrons. The highest BCUT2D eigenvalue weighted by Gasteiger charge is 2.58. The van der Waals surface area contributed by atoms with Gasteiger partial charge in [0.1, 0.15) is 16.4 Å². The highest BCUT2D eigenvalue weighted by molar-refractivity contribution is 6.29. The average Bonchev–Trinajstić information content (AvgIpc) is 2.92. The molecule has 6 heteroatoms. The minimum atomic E-state index is -1.07. The van der Waals surface area contributed by atoms with Gasteiger partial charge in [-0.1, -0.05) is 17.7 Å². The van der Waals surface area contributed by atoms with Gasteiger partial charge in [0.05, 0.1) is 6.04 Å². The molecule has 2 aliphatic rings. The van der Waals surface area contributed by atoms with Crippen LogP contribution < -0.4 is 0 Å². The summed E-state index contributed by atoms with van der Waals surface area (Å²) in [6, 6.07) is 3.19. The number of hydrogen-bond donors (Lipinski definition) is 1. The predicted molar refractivity (Wildman–Crippen MR) is 82.6 cm³/mol. The molecule has 1 aromatic rings. The fourth-order valence-corrected chi connectivity index (χ4v) is 3.69. The Morgan fingerprint density at radius 1 is 1.45 bits per heavy atom. The third-order valence-corrected chi connectivity index (χ3v) is 4.66. The molecule has 0 spiro atoms. The van der Waals surface area contributed by atoms with Crippen molar-refractivity contribution in [3.05, 3.63) is 29.0 Å². The number of hydrogen-bond acceptors (Lipinski definition) is 4. The van der Waals surface area contributed by atoms with Gasteiger partial charge in [-0.05, 0) is 39.7 Å². The molecule has 2 fully saturated rings. The standard InChI is InChI=1S/C16H21ClN2O3/c1-15(2,3)22-14(20)19-11-5-6-12(19)16(21,8-11)10-4-7-13(17)18-9-10/h4,7,9,11-12,21H,5-6,8H2,1-3H3/t11?,12?,16-/m0/s1. The second kappa shape index (κ2) is 5.10. The van der Waals surface area contributed by atoms with Crippen LogP contribution >= 0.6 is 11.6 Å². The van der Waals surface area contributed by atoms with Crippen molar-refractivity contribution in [2.45, 2.75) is 63.3 Å². The third-order valence-electron chi connectivity index (χ3n) is 4.43. The number of amides is 1. The van der Waals surface area contributed by atoms with Crippen LogP contribution in [0.4, 0.5) is 4.79 Å². The van der Waals surface area contributed by atoms with Crippen LogP contribution in [0.5, 0.6) is 0 Å². The normalized spacial score (nSPS) is 30.7. The lowest BCUT2D eigenvalue weighted by Crippen LogP contribution is -2.45. The van der Waals surface area contributed by atoms with Crippen LogP contribution in [0.1, 0.15) is 45.6 Å². The number of carbonyl (C=O) groups excluding carboxylic acids is 1. The first-order chi connectivity index (χ1) is 10.2. The van der Waals surface area contributed by atoms with Gasteiger partial charge in [-0.3, -0.25) is 4.90 Å². The van der Waals surface area contributed by atoms with E-state index in [0.29, 0.717) is 17.1 Å². The van der Waals surface area contributed by atoms with Crippen LogP contribution in [0.15, 0.2) is 18.3 Å². The van der Waals surface area contributed by atoms with E-state index >= 15 is 0 Å². The molecule has 22 heavy (non-hydrogen) atoms. The monoisotopic (exact) mass is 324 g/mol. The molecule has 3 rings (SSSR count). The summed E-state index contributed by atoms with van der Waals surface area (Å²) in [5.74, 6) is 0. The minimum absolute atomic E-state index is 0.0144. The van der Waals surface area contributed by atoms with Crippen LogP contribution in [0.25, 0.3) is 0 Å². The number of fused-ring (bicyclic) bond motifs is 2. The van der Waals surface area contributed by atoms with Crippen molar-refractivity contribution in [1.82, 2.24) is 9.88 Å². The van der Waals surface area contributed by atoms with E-state index in [0.717, 1.165) is 12.8 Å². The number of carbonyl (C=O) groups is 1. The van der Waals surface area contributed by atoms with Crippen LogP contribution in [0.2, 0.25) is 5.15 Å². The topological polar surface area (TPSA) is 62.7 Å². The van der Waals surface area contributed by atoms with Crippen LogP contribution in [0, 0.1) is 0 Å². The Morgan fingerprint density at radius 2 is 2.18 bits per heavy atom. The summed E-state index contributed by atoms with van der Waals surface area (Å²) >= 11 is 5.82. The number of aliphatic hydroxyl groups is 1. The molecule has 3 heterocycles. The van der Waals surface area contributed by atoms with Gasteiger partial charge < -0.3 is 9.84 Å². The van der Waals surface area contributed by atoms with E-state index in [-0.39, 0.29) is 18.2 Å².